The SMILES string of the molecule is CCN(CC(C)(C)C(O)c1ccccc1)C(C)C. The van der Waals surface area contributed by atoms with Crippen molar-refractivity contribution in [2.24, 2.45) is 5.41 Å². The van der Waals surface area contributed by atoms with Crippen LogP contribution in [-0.2, 0) is 0 Å². The number of rotatable bonds is 6. The molecule has 0 radical (unpaired) electrons. The second-order valence-corrected chi connectivity index (χ2v) is 5.96. The molecule has 0 saturated heterocycles. The van der Waals surface area contributed by atoms with Crippen molar-refractivity contribution in [1.82, 2.24) is 4.90 Å². The topological polar surface area (TPSA) is 23.5 Å². The van der Waals surface area contributed by atoms with Gasteiger partial charge >= 0.3 is 0 Å². The van der Waals surface area contributed by atoms with Gasteiger partial charge in [0.05, 0.1) is 6.10 Å². The standard InChI is InChI=1S/C16H27NO/c1-6-17(13(2)3)12-16(4,5)15(18)14-10-8-7-9-11-14/h7-11,13,15,18H,6,12H2,1-5H3. The molecule has 0 aliphatic rings. The second-order valence-electron chi connectivity index (χ2n) is 5.96. The summed E-state index contributed by atoms with van der Waals surface area (Å²) in [5.41, 5.74) is 0.851. The summed E-state index contributed by atoms with van der Waals surface area (Å²) in [4.78, 5) is 2.40. The molecule has 1 aromatic rings. The van der Waals surface area contributed by atoms with Gasteiger partial charge < -0.3 is 10.0 Å². The minimum atomic E-state index is -0.425. The van der Waals surface area contributed by atoms with Gasteiger partial charge in [-0.3, -0.25) is 0 Å². The average Bonchev–Trinajstić information content (AvgIpc) is 2.35. The molecular weight excluding hydrogens is 222 g/mol. The molecule has 0 heterocycles. The van der Waals surface area contributed by atoms with E-state index in [1.54, 1.807) is 0 Å². The first-order valence-electron chi connectivity index (χ1n) is 6.85. The van der Waals surface area contributed by atoms with Gasteiger partial charge in [-0.25, -0.2) is 0 Å². The molecular formula is C16H27NO. The summed E-state index contributed by atoms with van der Waals surface area (Å²) in [6.45, 7) is 12.8. The number of aliphatic hydroxyl groups is 1. The Bertz CT molecular complexity index is 345. The lowest BCUT2D eigenvalue weighted by atomic mass is 9.82. The molecule has 0 fully saturated rings. The zero-order valence-corrected chi connectivity index (χ0v) is 12.4. The van der Waals surface area contributed by atoms with Crippen LogP contribution in [0.2, 0.25) is 0 Å². The number of hydrogen-bond donors (Lipinski definition) is 1. The third kappa shape index (κ3) is 3.82. The number of aliphatic hydroxyl groups excluding tert-OH is 1. The lowest BCUT2D eigenvalue weighted by molar-refractivity contribution is 0.0142. The van der Waals surface area contributed by atoms with Crippen LogP contribution in [0.4, 0.5) is 0 Å². The van der Waals surface area contributed by atoms with Gasteiger partial charge in [-0.05, 0) is 26.0 Å². The van der Waals surface area contributed by atoms with Crippen molar-refractivity contribution < 1.29 is 5.11 Å². The van der Waals surface area contributed by atoms with E-state index in [0.29, 0.717) is 6.04 Å². The molecule has 102 valence electrons. The predicted octanol–water partition coefficient (Wildman–Crippen LogP) is 3.48. The molecule has 0 spiro atoms. The molecule has 0 amide bonds. The second kappa shape index (κ2) is 6.35. The maximum atomic E-state index is 10.5. The van der Waals surface area contributed by atoms with Crippen molar-refractivity contribution >= 4 is 0 Å². The van der Waals surface area contributed by atoms with E-state index in [1.807, 2.05) is 30.3 Å². The molecule has 18 heavy (non-hydrogen) atoms. The fourth-order valence-corrected chi connectivity index (χ4v) is 2.36. The predicted molar refractivity (Wildman–Crippen MR) is 77.6 cm³/mol. The highest BCUT2D eigenvalue weighted by atomic mass is 16.3. The molecule has 0 saturated carbocycles. The van der Waals surface area contributed by atoms with E-state index >= 15 is 0 Å². The Morgan fingerprint density at radius 1 is 1.17 bits per heavy atom. The van der Waals surface area contributed by atoms with Crippen molar-refractivity contribution in [3.63, 3.8) is 0 Å². The zero-order chi connectivity index (χ0) is 13.8. The number of nitrogens with zero attached hydrogens (tertiary/aromatic N) is 1. The maximum Gasteiger partial charge on any atom is 0.0853 e. The van der Waals surface area contributed by atoms with Crippen LogP contribution in [0.1, 0.15) is 46.3 Å². The van der Waals surface area contributed by atoms with E-state index in [4.69, 9.17) is 0 Å². The Kier molecular flexibility index (Phi) is 5.36. The summed E-state index contributed by atoms with van der Waals surface area (Å²) in [7, 11) is 0. The van der Waals surface area contributed by atoms with Crippen molar-refractivity contribution in [1.29, 1.82) is 0 Å². The van der Waals surface area contributed by atoms with Crippen LogP contribution < -0.4 is 0 Å². The average molecular weight is 249 g/mol. The molecule has 0 aromatic heterocycles. The highest BCUT2D eigenvalue weighted by Gasteiger charge is 2.31. The van der Waals surface area contributed by atoms with E-state index in [9.17, 15) is 5.11 Å². The van der Waals surface area contributed by atoms with Crippen LogP contribution >= 0.6 is 0 Å². The third-order valence-electron chi connectivity index (χ3n) is 3.60. The van der Waals surface area contributed by atoms with Crippen LogP contribution in [-0.4, -0.2) is 29.1 Å². The minimum absolute atomic E-state index is 0.151. The van der Waals surface area contributed by atoms with Crippen LogP contribution in [0.5, 0.6) is 0 Å². The van der Waals surface area contributed by atoms with Crippen molar-refractivity contribution in [2.45, 2.75) is 46.8 Å². The van der Waals surface area contributed by atoms with Gasteiger partial charge in [0.2, 0.25) is 0 Å². The summed E-state index contributed by atoms with van der Waals surface area (Å²) in [5, 5.41) is 10.5. The quantitative estimate of drug-likeness (QED) is 0.834. The molecule has 1 N–H and O–H groups in total. The largest absolute Gasteiger partial charge is 0.388 e. The van der Waals surface area contributed by atoms with E-state index < -0.39 is 6.10 Å². The number of hydrogen-bond acceptors (Lipinski definition) is 2. The van der Waals surface area contributed by atoms with E-state index in [2.05, 4.69) is 39.5 Å². The minimum Gasteiger partial charge on any atom is -0.388 e. The van der Waals surface area contributed by atoms with Gasteiger partial charge in [0, 0.05) is 18.0 Å². The molecule has 2 heteroatoms. The van der Waals surface area contributed by atoms with Crippen LogP contribution in [0.15, 0.2) is 30.3 Å². The Balaban J connectivity index is 2.79. The Labute approximate surface area is 112 Å². The van der Waals surface area contributed by atoms with Crippen molar-refractivity contribution in [2.75, 3.05) is 13.1 Å². The van der Waals surface area contributed by atoms with Gasteiger partial charge in [-0.2, -0.15) is 0 Å². The summed E-state index contributed by atoms with van der Waals surface area (Å²) in [6.07, 6.45) is -0.425. The Morgan fingerprint density at radius 2 is 1.72 bits per heavy atom. The Hall–Kier alpha value is -0.860. The fraction of sp³-hybridized carbons (Fsp3) is 0.625. The van der Waals surface area contributed by atoms with Gasteiger partial charge in [0.15, 0.2) is 0 Å². The summed E-state index contributed by atoms with van der Waals surface area (Å²) in [5.74, 6) is 0. The summed E-state index contributed by atoms with van der Waals surface area (Å²) < 4.78 is 0. The first kappa shape index (κ1) is 15.2. The lowest BCUT2D eigenvalue weighted by Gasteiger charge is -2.37. The molecule has 1 atom stereocenters. The van der Waals surface area contributed by atoms with E-state index in [1.165, 1.54) is 0 Å². The van der Waals surface area contributed by atoms with Crippen LogP contribution in [0.3, 0.4) is 0 Å². The number of benzene rings is 1. The maximum absolute atomic E-state index is 10.5. The normalized spacial score (nSPS) is 14.2. The first-order valence-corrected chi connectivity index (χ1v) is 6.85. The van der Waals surface area contributed by atoms with Gasteiger partial charge in [0.25, 0.3) is 0 Å². The molecule has 1 aromatic carbocycles. The highest BCUT2D eigenvalue weighted by Crippen LogP contribution is 2.34. The van der Waals surface area contributed by atoms with E-state index in [-0.39, 0.29) is 5.41 Å². The highest BCUT2D eigenvalue weighted by molar-refractivity contribution is 5.19. The van der Waals surface area contributed by atoms with Gasteiger partial charge in [0.1, 0.15) is 0 Å². The molecule has 1 rings (SSSR count). The summed E-state index contributed by atoms with van der Waals surface area (Å²) in [6, 6.07) is 10.5. The fourth-order valence-electron chi connectivity index (χ4n) is 2.36. The van der Waals surface area contributed by atoms with Crippen LogP contribution in [0.25, 0.3) is 0 Å². The van der Waals surface area contributed by atoms with Crippen LogP contribution in [0, 0.1) is 5.41 Å². The van der Waals surface area contributed by atoms with Gasteiger partial charge in [-0.1, -0.05) is 51.1 Å². The lowest BCUT2D eigenvalue weighted by Crippen LogP contribution is -2.41. The van der Waals surface area contributed by atoms with Crippen molar-refractivity contribution in [3.05, 3.63) is 35.9 Å². The first-order chi connectivity index (χ1) is 8.38. The Morgan fingerprint density at radius 3 is 2.17 bits per heavy atom. The summed E-state index contributed by atoms with van der Waals surface area (Å²) >= 11 is 0. The van der Waals surface area contributed by atoms with Crippen molar-refractivity contribution in [3.8, 4) is 0 Å². The molecule has 0 aliphatic carbocycles. The molecule has 2 nitrogen and oxygen atoms in total. The smallest absolute Gasteiger partial charge is 0.0853 e. The molecule has 0 bridgehead atoms. The molecule has 1 unspecified atom stereocenters. The zero-order valence-electron chi connectivity index (χ0n) is 12.4. The van der Waals surface area contributed by atoms with Gasteiger partial charge in [-0.15, -0.1) is 0 Å². The monoisotopic (exact) mass is 249 g/mol. The molecule has 0 aliphatic heterocycles. The van der Waals surface area contributed by atoms with E-state index in [0.717, 1.165) is 18.7 Å². The third-order valence-corrected chi connectivity index (χ3v) is 3.60.